The first-order valence-corrected chi connectivity index (χ1v) is 12.7. The van der Waals surface area contributed by atoms with Crippen LogP contribution in [0.4, 0.5) is 16.2 Å². The van der Waals surface area contributed by atoms with E-state index in [0.29, 0.717) is 55.6 Å². The highest BCUT2D eigenvalue weighted by molar-refractivity contribution is 6.30. The smallest absolute Gasteiger partial charge is 0.410 e. The zero-order valence-electron chi connectivity index (χ0n) is 21.5. The van der Waals surface area contributed by atoms with Crippen molar-refractivity contribution in [2.75, 3.05) is 49.5 Å². The molecule has 0 aliphatic carbocycles. The maximum Gasteiger partial charge on any atom is 0.410 e. The number of carbonyl (C=O) groups excluding carboxylic acids is 2. The van der Waals surface area contributed by atoms with Gasteiger partial charge in [0.15, 0.2) is 5.75 Å². The van der Waals surface area contributed by atoms with E-state index in [9.17, 15) is 9.59 Å². The van der Waals surface area contributed by atoms with Gasteiger partial charge < -0.3 is 29.3 Å². The number of benzene rings is 2. The Hall–Kier alpha value is -3.13. The zero-order valence-corrected chi connectivity index (χ0v) is 22.3. The second-order valence-electron chi connectivity index (χ2n) is 9.53. The number of hydrogen-bond acceptors (Lipinski definition) is 7. The van der Waals surface area contributed by atoms with Crippen molar-refractivity contribution in [2.45, 2.75) is 46.1 Å². The third kappa shape index (κ3) is 8.52. The third-order valence-corrected chi connectivity index (χ3v) is 5.72. The van der Waals surface area contributed by atoms with E-state index in [1.165, 1.54) is 0 Å². The molecular weight excluding hydrogens is 482 g/mol. The summed E-state index contributed by atoms with van der Waals surface area (Å²) in [6.07, 6.45) is 0.743. The van der Waals surface area contributed by atoms with Crippen molar-refractivity contribution in [3.05, 3.63) is 47.5 Å². The summed E-state index contributed by atoms with van der Waals surface area (Å²) in [5.41, 5.74) is 1.37. The monoisotopic (exact) mass is 517 g/mol. The molecule has 0 unspecified atom stereocenters. The van der Waals surface area contributed by atoms with Gasteiger partial charge >= 0.3 is 12.1 Å². The molecular formula is C27H36ClN3O5. The molecule has 3 rings (SSSR count). The lowest BCUT2D eigenvalue weighted by atomic mass is 10.2. The number of ether oxygens (including phenoxy) is 3. The second-order valence-corrected chi connectivity index (χ2v) is 9.96. The average Bonchev–Trinajstić information content (AvgIpc) is 2.83. The first-order valence-electron chi connectivity index (χ1n) is 12.3. The van der Waals surface area contributed by atoms with Crippen molar-refractivity contribution in [1.82, 2.24) is 4.90 Å². The van der Waals surface area contributed by atoms with E-state index in [0.717, 1.165) is 24.5 Å². The van der Waals surface area contributed by atoms with Crippen molar-refractivity contribution >= 4 is 35.0 Å². The minimum atomic E-state index is -0.495. The van der Waals surface area contributed by atoms with E-state index >= 15 is 0 Å². The van der Waals surface area contributed by atoms with Gasteiger partial charge in [-0.15, -0.1) is 0 Å². The van der Waals surface area contributed by atoms with E-state index in [2.05, 4.69) is 10.2 Å². The predicted octanol–water partition coefficient (Wildman–Crippen LogP) is 5.94. The second kappa shape index (κ2) is 12.7. The first kappa shape index (κ1) is 27.5. The molecule has 0 saturated carbocycles. The van der Waals surface area contributed by atoms with E-state index in [-0.39, 0.29) is 12.1 Å². The van der Waals surface area contributed by atoms with Crippen LogP contribution in [0.25, 0.3) is 0 Å². The quantitative estimate of drug-likeness (QED) is 0.325. The first-order chi connectivity index (χ1) is 17.1. The number of rotatable bonds is 9. The molecule has 1 N–H and O–H groups in total. The van der Waals surface area contributed by atoms with Crippen molar-refractivity contribution < 1.29 is 23.8 Å². The van der Waals surface area contributed by atoms with Gasteiger partial charge in [0.2, 0.25) is 0 Å². The highest BCUT2D eigenvalue weighted by Crippen LogP contribution is 2.33. The molecule has 8 nitrogen and oxygen atoms in total. The van der Waals surface area contributed by atoms with Gasteiger partial charge in [0.05, 0.1) is 12.3 Å². The van der Waals surface area contributed by atoms with E-state index in [1.54, 1.807) is 24.0 Å². The summed E-state index contributed by atoms with van der Waals surface area (Å²) < 4.78 is 16.6. The Balaban J connectivity index is 1.54. The minimum absolute atomic E-state index is 0.196. The molecule has 0 radical (unpaired) electrons. The molecule has 2 aromatic carbocycles. The highest BCUT2D eigenvalue weighted by atomic mass is 35.5. The Morgan fingerprint density at radius 1 is 1.03 bits per heavy atom. The van der Waals surface area contributed by atoms with Crippen LogP contribution in [-0.2, 0) is 14.3 Å². The lowest BCUT2D eigenvalue weighted by Crippen LogP contribution is -2.50. The van der Waals surface area contributed by atoms with Crippen LogP contribution in [-0.4, -0.2) is 61.9 Å². The number of halogens is 1. The van der Waals surface area contributed by atoms with Crippen LogP contribution in [0.5, 0.6) is 11.5 Å². The Morgan fingerprint density at radius 2 is 1.72 bits per heavy atom. The average molecular weight is 518 g/mol. The van der Waals surface area contributed by atoms with E-state index in [4.69, 9.17) is 25.8 Å². The molecule has 0 spiro atoms. The molecule has 1 aliphatic rings. The fraction of sp³-hybridized carbons (Fsp3) is 0.481. The molecule has 196 valence electrons. The Kier molecular flexibility index (Phi) is 9.70. The Morgan fingerprint density at radius 3 is 2.36 bits per heavy atom. The normalized spacial score (nSPS) is 13.8. The number of esters is 1. The zero-order chi connectivity index (χ0) is 26.1. The molecule has 1 saturated heterocycles. The van der Waals surface area contributed by atoms with Crippen LogP contribution in [0.15, 0.2) is 42.5 Å². The maximum absolute atomic E-state index is 12.3. The standard InChI is InChI=1S/C27H36ClN3O5/c1-5-34-25(32)7-6-14-29-23-13-8-20(28)19-24(23)35-22-11-9-21(10-12-22)30-15-17-31(18-16-30)26(33)36-27(2,3)4/h8-13,19,29H,5-7,14-18H2,1-4H3. The van der Waals surface area contributed by atoms with Gasteiger partial charge in [0.25, 0.3) is 0 Å². The number of nitrogens with zero attached hydrogens (tertiary/aromatic N) is 2. The summed E-state index contributed by atoms with van der Waals surface area (Å²) in [7, 11) is 0. The number of nitrogens with one attached hydrogen (secondary N) is 1. The molecule has 1 aliphatic heterocycles. The number of amides is 1. The number of hydrogen-bond donors (Lipinski definition) is 1. The van der Waals surface area contributed by atoms with Crippen molar-refractivity contribution in [3.8, 4) is 11.5 Å². The molecule has 1 fully saturated rings. The van der Waals surface area contributed by atoms with Gasteiger partial charge in [-0.25, -0.2) is 4.79 Å². The number of carbonyl (C=O) groups is 2. The van der Waals surface area contributed by atoms with Crippen LogP contribution in [0.1, 0.15) is 40.5 Å². The van der Waals surface area contributed by atoms with E-state index < -0.39 is 5.60 Å². The topological polar surface area (TPSA) is 80.3 Å². The van der Waals surface area contributed by atoms with Gasteiger partial charge in [-0.1, -0.05) is 11.6 Å². The molecule has 1 heterocycles. The summed E-state index contributed by atoms with van der Waals surface area (Å²) in [5.74, 6) is 1.10. The minimum Gasteiger partial charge on any atom is -0.466 e. The van der Waals surface area contributed by atoms with Gasteiger partial charge in [0, 0.05) is 55.9 Å². The van der Waals surface area contributed by atoms with Crippen LogP contribution < -0.4 is 15.0 Å². The molecule has 2 aromatic rings. The summed E-state index contributed by atoms with van der Waals surface area (Å²) in [5, 5.41) is 3.88. The summed E-state index contributed by atoms with van der Waals surface area (Å²) in [4.78, 5) is 27.8. The summed E-state index contributed by atoms with van der Waals surface area (Å²) >= 11 is 6.20. The number of piperazine rings is 1. The molecule has 0 bridgehead atoms. The van der Waals surface area contributed by atoms with Crippen LogP contribution in [0.2, 0.25) is 5.02 Å². The molecule has 1 amide bonds. The fourth-order valence-electron chi connectivity index (χ4n) is 3.74. The van der Waals surface area contributed by atoms with Gasteiger partial charge in [-0.3, -0.25) is 4.79 Å². The lowest BCUT2D eigenvalue weighted by molar-refractivity contribution is -0.143. The van der Waals surface area contributed by atoms with Crippen LogP contribution in [0.3, 0.4) is 0 Å². The molecule has 0 aromatic heterocycles. The van der Waals surface area contributed by atoms with Gasteiger partial charge in [0.1, 0.15) is 11.4 Å². The Bertz CT molecular complexity index is 1020. The molecule has 0 atom stereocenters. The number of anilines is 2. The maximum atomic E-state index is 12.3. The van der Waals surface area contributed by atoms with Gasteiger partial charge in [-0.2, -0.15) is 0 Å². The highest BCUT2D eigenvalue weighted by Gasteiger charge is 2.26. The fourth-order valence-corrected chi connectivity index (χ4v) is 3.90. The largest absolute Gasteiger partial charge is 0.466 e. The van der Waals surface area contributed by atoms with Crippen molar-refractivity contribution in [1.29, 1.82) is 0 Å². The lowest BCUT2D eigenvalue weighted by Gasteiger charge is -2.36. The summed E-state index contributed by atoms with van der Waals surface area (Å²) in [6, 6.07) is 13.3. The van der Waals surface area contributed by atoms with Crippen LogP contribution in [0, 0.1) is 0 Å². The predicted molar refractivity (Wildman–Crippen MR) is 142 cm³/mol. The van der Waals surface area contributed by atoms with E-state index in [1.807, 2.05) is 51.1 Å². The third-order valence-electron chi connectivity index (χ3n) is 5.48. The summed E-state index contributed by atoms with van der Waals surface area (Å²) in [6.45, 7) is 11.1. The van der Waals surface area contributed by atoms with Gasteiger partial charge in [-0.05, 0) is 70.5 Å². The van der Waals surface area contributed by atoms with Crippen molar-refractivity contribution in [2.24, 2.45) is 0 Å². The Labute approximate surface area is 218 Å². The molecule has 9 heteroatoms. The van der Waals surface area contributed by atoms with Crippen molar-refractivity contribution in [3.63, 3.8) is 0 Å². The van der Waals surface area contributed by atoms with Crippen LogP contribution >= 0.6 is 11.6 Å². The SMILES string of the molecule is CCOC(=O)CCCNc1ccc(Cl)cc1Oc1ccc(N2CCN(C(=O)OC(C)(C)C)CC2)cc1. The molecule has 36 heavy (non-hydrogen) atoms.